The fourth-order valence-electron chi connectivity index (χ4n) is 2.54. The van der Waals surface area contributed by atoms with E-state index in [1.54, 1.807) is 0 Å². The van der Waals surface area contributed by atoms with Crippen LogP contribution in [0.3, 0.4) is 0 Å². The van der Waals surface area contributed by atoms with Gasteiger partial charge in [-0.15, -0.1) is 0 Å². The highest BCUT2D eigenvalue weighted by Gasteiger charge is 2.22. The minimum absolute atomic E-state index is 0.750. The molecule has 0 unspecified atom stereocenters. The first-order valence-electron chi connectivity index (χ1n) is 6.60. The van der Waals surface area contributed by atoms with E-state index in [1.807, 2.05) is 6.07 Å². The summed E-state index contributed by atoms with van der Waals surface area (Å²) in [6.07, 6.45) is 5.25. The molecule has 1 aromatic rings. The molecule has 0 bridgehead atoms. The third kappa shape index (κ3) is 2.58. The number of benzene rings is 1. The molecule has 1 heterocycles. The quantitative estimate of drug-likeness (QED) is 0.883. The average molecular weight is 251 g/mol. The number of para-hydroxylation sites is 1. The van der Waals surface area contributed by atoms with Crippen LogP contribution >= 0.6 is 11.6 Å². The fraction of sp³-hybridized carbons (Fsp3) is 0.571. The molecule has 1 N–H and O–H groups in total. The Morgan fingerprint density at radius 3 is 2.71 bits per heavy atom. The number of halogens is 1. The standard InChI is InChI=1S/C14H19ClN2/c15-13-5-3-4-11(10-16-12-6-7-12)14(13)17-8-1-2-9-17/h3-5,12,16H,1-2,6-10H2. The zero-order valence-corrected chi connectivity index (χ0v) is 10.8. The molecule has 2 fully saturated rings. The van der Waals surface area contributed by atoms with Crippen LogP contribution in [0.4, 0.5) is 5.69 Å². The second-order valence-electron chi connectivity index (χ2n) is 5.10. The second-order valence-corrected chi connectivity index (χ2v) is 5.50. The summed E-state index contributed by atoms with van der Waals surface area (Å²) in [5.74, 6) is 0. The van der Waals surface area contributed by atoms with Crippen molar-refractivity contribution in [2.75, 3.05) is 18.0 Å². The van der Waals surface area contributed by atoms with E-state index in [4.69, 9.17) is 11.6 Å². The van der Waals surface area contributed by atoms with E-state index in [1.165, 1.54) is 36.9 Å². The van der Waals surface area contributed by atoms with E-state index in [0.29, 0.717) is 0 Å². The Hall–Kier alpha value is -0.730. The molecule has 1 aliphatic carbocycles. The normalized spacial score (nSPS) is 19.9. The van der Waals surface area contributed by atoms with Crippen LogP contribution in [0, 0.1) is 0 Å². The molecule has 17 heavy (non-hydrogen) atoms. The van der Waals surface area contributed by atoms with E-state index >= 15 is 0 Å². The van der Waals surface area contributed by atoms with Crippen molar-refractivity contribution in [2.45, 2.75) is 38.3 Å². The average Bonchev–Trinajstić information content (AvgIpc) is 3.01. The number of nitrogens with zero attached hydrogens (tertiary/aromatic N) is 1. The Labute approximate surface area is 108 Å². The second kappa shape index (κ2) is 4.87. The number of hydrogen-bond acceptors (Lipinski definition) is 2. The van der Waals surface area contributed by atoms with Crippen LogP contribution in [0.2, 0.25) is 5.02 Å². The maximum atomic E-state index is 6.37. The van der Waals surface area contributed by atoms with Gasteiger partial charge in [-0.25, -0.2) is 0 Å². The topological polar surface area (TPSA) is 15.3 Å². The predicted molar refractivity (Wildman–Crippen MR) is 72.8 cm³/mol. The zero-order valence-electron chi connectivity index (χ0n) is 10.1. The fourth-order valence-corrected chi connectivity index (χ4v) is 2.85. The monoisotopic (exact) mass is 250 g/mol. The molecule has 0 spiro atoms. The number of nitrogens with one attached hydrogen (secondary N) is 1. The van der Waals surface area contributed by atoms with Crippen molar-refractivity contribution in [3.05, 3.63) is 28.8 Å². The Bertz CT molecular complexity index is 395. The Morgan fingerprint density at radius 1 is 1.24 bits per heavy atom. The summed E-state index contributed by atoms with van der Waals surface area (Å²) in [5.41, 5.74) is 2.62. The van der Waals surface area contributed by atoms with Crippen LogP contribution in [0.1, 0.15) is 31.2 Å². The molecule has 92 valence electrons. The zero-order chi connectivity index (χ0) is 11.7. The van der Waals surface area contributed by atoms with Crippen LogP contribution in [-0.4, -0.2) is 19.1 Å². The molecule has 2 nitrogen and oxygen atoms in total. The molecule has 0 amide bonds. The lowest BCUT2D eigenvalue weighted by Crippen LogP contribution is -2.22. The first-order chi connectivity index (χ1) is 8.34. The summed E-state index contributed by atoms with van der Waals surface area (Å²) in [6.45, 7) is 3.26. The van der Waals surface area contributed by atoms with Gasteiger partial charge in [-0.05, 0) is 37.3 Å². The molecule has 1 aromatic carbocycles. The first-order valence-corrected chi connectivity index (χ1v) is 6.98. The van der Waals surface area contributed by atoms with Gasteiger partial charge >= 0.3 is 0 Å². The van der Waals surface area contributed by atoms with Crippen LogP contribution in [-0.2, 0) is 6.54 Å². The van der Waals surface area contributed by atoms with Crippen molar-refractivity contribution < 1.29 is 0 Å². The minimum atomic E-state index is 0.750. The number of hydrogen-bond donors (Lipinski definition) is 1. The van der Waals surface area contributed by atoms with E-state index < -0.39 is 0 Å². The molecule has 1 aliphatic heterocycles. The van der Waals surface area contributed by atoms with Gasteiger partial charge < -0.3 is 10.2 Å². The minimum Gasteiger partial charge on any atom is -0.370 e. The number of rotatable bonds is 4. The van der Waals surface area contributed by atoms with E-state index in [2.05, 4.69) is 22.3 Å². The van der Waals surface area contributed by atoms with Crippen molar-refractivity contribution in [3.8, 4) is 0 Å². The van der Waals surface area contributed by atoms with Gasteiger partial charge in [0, 0.05) is 25.7 Å². The summed E-state index contributed by atoms with van der Waals surface area (Å²) in [4.78, 5) is 2.44. The SMILES string of the molecule is Clc1cccc(CNC2CC2)c1N1CCCC1. The third-order valence-corrected chi connectivity index (χ3v) is 3.96. The van der Waals surface area contributed by atoms with Gasteiger partial charge in [0.05, 0.1) is 10.7 Å². The highest BCUT2D eigenvalue weighted by Crippen LogP contribution is 2.33. The Balaban J connectivity index is 1.81. The van der Waals surface area contributed by atoms with Gasteiger partial charge in [0.2, 0.25) is 0 Å². The van der Waals surface area contributed by atoms with Crippen molar-refractivity contribution in [1.29, 1.82) is 0 Å². The summed E-state index contributed by atoms with van der Waals surface area (Å²) >= 11 is 6.37. The first kappa shape index (κ1) is 11.4. The van der Waals surface area contributed by atoms with Crippen molar-refractivity contribution in [1.82, 2.24) is 5.32 Å². The lowest BCUT2D eigenvalue weighted by atomic mass is 10.1. The van der Waals surface area contributed by atoms with Crippen molar-refractivity contribution in [3.63, 3.8) is 0 Å². The molecule has 0 aromatic heterocycles. The summed E-state index contributed by atoms with van der Waals surface area (Å²) in [6, 6.07) is 7.02. The molecular formula is C14H19ClN2. The lowest BCUT2D eigenvalue weighted by Gasteiger charge is -2.23. The van der Waals surface area contributed by atoms with Crippen LogP contribution < -0.4 is 10.2 Å². The molecule has 3 rings (SSSR count). The molecule has 0 radical (unpaired) electrons. The lowest BCUT2D eigenvalue weighted by molar-refractivity contribution is 0.686. The summed E-state index contributed by atoms with van der Waals surface area (Å²) in [5, 5.41) is 4.48. The Morgan fingerprint density at radius 2 is 2.00 bits per heavy atom. The van der Waals surface area contributed by atoms with E-state index in [9.17, 15) is 0 Å². The van der Waals surface area contributed by atoms with Crippen LogP contribution in [0.15, 0.2) is 18.2 Å². The van der Waals surface area contributed by atoms with Crippen LogP contribution in [0.25, 0.3) is 0 Å². The van der Waals surface area contributed by atoms with Crippen LogP contribution in [0.5, 0.6) is 0 Å². The molecule has 1 saturated heterocycles. The van der Waals surface area contributed by atoms with Gasteiger partial charge in [0.25, 0.3) is 0 Å². The van der Waals surface area contributed by atoms with Gasteiger partial charge in [-0.3, -0.25) is 0 Å². The maximum Gasteiger partial charge on any atom is 0.0642 e. The van der Waals surface area contributed by atoms with E-state index in [0.717, 1.165) is 30.7 Å². The number of anilines is 1. The smallest absolute Gasteiger partial charge is 0.0642 e. The van der Waals surface area contributed by atoms with E-state index in [-0.39, 0.29) is 0 Å². The molecule has 0 atom stereocenters. The van der Waals surface area contributed by atoms with Gasteiger partial charge in [0.1, 0.15) is 0 Å². The van der Waals surface area contributed by atoms with Crippen molar-refractivity contribution >= 4 is 17.3 Å². The molecular weight excluding hydrogens is 232 g/mol. The summed E-state index contributed by atoms with van der Waals surface area (Å²) in [7, 11) is 0. The molecule has 3 heteroatoms. The molecule has 2 aliphatic rings. The largest absolute Gasteiger partial charge is 0.370 e. The summed E-state index contributed by atoms with van der Waals surface area (Å²) < 4.78 is 0. The van der Waals surface area contributed by atoms with Gasteiger partial charge in [-0.1, -0.05) is 23.7 Å². The predicted octanol–water partition coefficient (Wildman–Crippen LogP) is 3.19. The third-order valence-electron chi connectivity index (χ3n) is 3.65. The van der Waals surface area contributed by atoms with Gasteiger partial charge in [-0.2, -0.15) is 0 Å². The Kier molecular flexibility index (Phi) is 3.26. The highest BCUT2D eigenvalue weighted by atomic mass is 35.5. The highest BCUT2D eigenvalue weighted by molar-refractivity contribution is 6.33. The maximum absolute atomic E-state index is 6.37. The molecule has 1 saturated carbocycles. The van der Waals surface area contributed by atoms with Gasteiger partial charge in [0.15, 0.2) is 0 Å². The van der Waals surface area contributed by atoms with Crippen molar-refractivity contribution in [2.24, 2.45) is 0 Å².